The second kappa shape index (κ2) is 11.4. The third-order valence-corrected chi connectivity index (χ3v) is 9.12. The third-order valence-electron chi connectivity index (χ3n) is 7.93. The first-order chi connectivity index (χ1) is 21.5. The number of nitrogens with zero attached hydrogens (tertiary/aromatic N) is 3. The van der Waals surface area contributed by atoms with Gasteiger partial charge in [0, 0.05) is 54.9 Å². The van der Waals surface area contributed by atoms with Crippen molar-refractivity contribution >= 4 is 50.6 Å². The van der Waals surface area contributed by atoms with E-state index in [1.807, 2.05) is 13.1 Å². The fourth-order valence-corrected chi connectivity index (χ4v) is 5.98. The van der Waals surface area contributed by atoms with E-state index in [2.05, 4.69) is 15.3 Å². The molecule has 3 aromatic carbocycles. The van der Waals surface area contributed by atoms with Crippen LogP contribution in [0.15, 0.2) is 64.0 Å². The predicted molar refractivity (Wildman–Crippen MR) is 173 cm³/mol. The van der Waals surface area contributed by atoms with E-state index in [1.54, 1.807) is 30.5 Å². The van der Waals surface area contributed by atoms with Gasteiger partial charge in [-0.05, 0) is 48.4 Å². The molecule has 1 amide bonds. The molecule has 2 aromatic heterocycles. The number of H-pyrrole nitrogens is 1. The molecule has 0 bridgehead atoms. The summed E-state index contributed by atoms with van der Waals surface area (Å²) in [5.74, 6) is -0.444. The smallest absolute Gasteiger partial charge is 0.255 e. The number of aromatic nitrogens is 2. The van der Waals surface area contributed by atoms with Crippen molar-refractivity contribution in [1.82, 2.24) is 15.3 Å². The summed E-state index contributed by atoms with van der Waals surface area (Å²) in [6, 6.07) is 13.7. The second-order valence-corrected chi connectivity index (χ2v) is 12.7. The van der Waals surface area contributed by atoms with E-state index in [0.717, 1.165) is 33.3 Å². The highest BCUT2D eigenvalue weighted by molar-refractivity contribution is 7.92. The Labute approximate surface area is 258 Å². The van der Waals surface area contributed by atoms with Crippen LogP contribution < -0.4 is 20.3 Å². The minimum atomic E-state index is -3.78. The SMILES string of the molecule is CCC1=c2nc(-c3cccc(-c4cc5c(C(=O)NC)c(-c6ccc(F)cc6)oc5cc4N(C)S(C)(=O)=O)c3O)[nH]c2=CN=CC1. The van der Waals surface area contributed by atoms with E-state index in [-0.39, 0.29) is 28.3 Å². The number of imidazole rings is 1. The molecular formula is C33H30FN5O5S. The fourth-order valence-electron chi connectivity index (χ4n) is 5.47. The summed E-state index contributed by atoms with van der Waals surface area (Å²) in [5.41, 5.74) is 3.20. The van der Waals surface area contributed by atoms with Gasteiger partial charge in [0.15, 0.2) is 0 Å². The number of sulfonamides is 1. The van der Waals surface area contributed by atoms with E-state index in [0.29, 0.717) is 39.9 Å². The lowest BCUT2D eigenvalue weighted by Crippen LogP contribution is -2.26. The van der Waals surface area contributed by atoms with Crippen molar-refractivity contribution in [2.45, 2.75) is 19.8 Å². The second-order valence-electron chi connectivity index (χ2n) is 10.7. The Morgan fingerprint density at radius 2 is 1.87 bits per heavy atom. The van der Waals surface area contributed by atoms with Gasteiger partial charge in [-0.25, -0.2) is 17.8 Å². The van der Waals surface area contributed by atoms with Crippen LogP contribution >= 0.6 is 0 Å². The average Bonchev–Trinajstić information content (AvgIpc) is 3.55. The molecule has 0 spiro atoms. The predicted octanol–water partition coefficient (Wildman–Crippen LogP) is 4.53. The lowest BCUT2D eigenvalue weighted by Gasteiger charge is -2.21. The zero-order chi connectivity index (χ0) is 32.0. The molecule has 45 heavy (non-hydrogen) atoms. The van der Waals surface area contributed by atoms with Crippen molar-refractivity contribution in [3.8, 4) is 39.6 Å². The number of aromatic hydroxyl groups is 1. The standard InChI is InChI=1S/C33H30FN5O5S/c1-5-18-13-14-36-17-25-29(18)38-32(37-25)22-8-6-7-21(30(22)40)23-15-24-27(16-26(23)39(3)45(4,42)43)44-31(28(24)33(41)35-2)19-9-11-20(34)12-10-19/h6-12,14-17,40H,5,13H2,1-4H3,(H,35,41)(H,37,38). The number of phenols is 1. The third kappa shape index (κ3) is 5.27. The van der Waals surface area contributed by atoms with Gasteiger partial charge in [-0.15, -0.1) is 0 Å². The highest BCUT2D eigenvalue weighted by atomic mass is 32.2. The first-order valence-electron chi connectivity index (χ1n) is 14.2. The number of carbonyl (C=O) groups excluding carboxylic acids is 1. The number of phenolic OH excluding ortho intramolecular Hbond substituents is 1. The van der Waals surface area contributed by atoms with Crippen LogP contribution in [0, 0.1) is 5.82 Å². The molecule has 230 valence electrons. The first-order valence-corrected chi connectivity index (χ1v) is 16.0. The topological polar surface area (TPSA) is 141 Å². The zero-order valence-corrected chi connectivity index (χ0v) is 25.8. The molecule has 0 saturated carbocycles. The number of amides is 1. The number of aromatic amines is 1. The minimum absolute atomic E-state index is 0.144. The van der Waals surface area contributed by atoms with Crippen molar-refractivity contribution in [2.75, 3.05) is 24.7 Å². The van der Waals surface area contributed by atoms with Crippen LogP contribution in [0.25, 0.3) is 56.6 Å². The lowest BCUT2D eigenvalue weighted by molar-refractivity contribution is 0.0964. The fraction of sp³-hybridized carbons (Fsp3) is 0.182. The Morgan fingerprint density at radius 1 is 1.13 bits per heavy atom. The summed E-state index contributed by atoms with van der Waals surface area (Å²) in [7, 11) is -0.902. The number of benzene rings is 3. The number of halogens is 1. The molecule has 0 atom stereocenters. The molecule has 3 N–H and O–H groups in total. The number of hydrogen-bond acceptors (Lipinski definition) is 7. The van der Waals surface area contributed by atoms with Crippen molar-refractivity contribution in [3.63, 3.8) is 0 Å². The van der Waals surface area contributed by atoms with Gasteiger partial charge in [-0.1, -0.05) is 19.1 Å². The molecule has 6 rings (SSSR count). The number of nitrogens with one attached hydrogen (secondary N) is 2. The molecule has 0 radical (unpaired) electrons. The van der Waals surface area contributed by atoms with E-state index in [4.69, 9.17) is 9.40 Å². The van der Waals surface area contributed by atoms with Crippen LogP contribution in [-0.4, -0.2) is 56.0 Å². The van der Waals surface area contributed by atoms with Gasteiger partial charge < -0.3 is 19.8 Å². The number of rotatable bonds is 7. The van der Waals surface area contributed by atoms with Crippen molar-refractivity contribution < 1.29 is 27.1 Å². The molecule has 5 aromatic rings. The number of carbonyl (C=O) groups is 1. The van der Waals surface area contributed by atoms with Crippen molar-refractivity contribution in [3.05, 3.63) is 76.7 Å². The summed E-state index contributed by atoms with van der Waals surface area (Å²) in [5, 5.41) is 16.2. The van der Waals surface area contributed by atoms with Gasteiger partial charge in [0.1, 0.15) is 28.7 Å². The minimum Gasteiger partial charge on any atom is -0.507 e. The number of para-hydroxylation sites is 1. The molecule has 0 saturated heterocycles. The Kier molecular flexibility index (Phi) is 7.53. The van der Waals surface area contributed by atoms with E-state index < -0.39 is 21.7 Å². The molecule has 0 aliphatic carbocycles. The molecule has 1 aliphatic heterocycles. The number of furan rings is 1. The summed E-state index contributed by atoms with van der Waals surface area (Å²) in [6.45, 7) is 2.05. The molecule has 12 heteroatoms. The molecule has 0 fully saturated rings. The van der Waals surface area contributed by atoms with E-state index in [1.165, 1.54) is 44.4 Å². The quantitative estimate of drug-likeness (QED) is 0.242. The molecule has 10 nitrogen and oxygen atoms in total. The summed E-state index contributed by atoms with van der Waals surface area (Å²) < 4.78 is 46.6. The molecule has 3 heterocycles. The average molecular weight is 628 g/mol. The van der Waals surface area contributed by atoms with Gasteiger partial charge in [0.2, 0.25) is 10.0 Å². The monoisotopic (exact) mass is 627 g/mol. The molecule has 1 aliphatic rings. The van der Waals surface area contributed by atoms with Crippen molar-refractivity contribution in [2.24, 2.45) is 4.99 Å². The van der Waals surface area contributed by atoms with Gasteiger partial charge >= 0.3 is 0 Å². The zero-order valence-electron chi connectivity index (χ0n) is 25.0. The molecule has 0 unspecified atom stereocenters. The maximum absolute atomic E-state index is 13.7. The maximum atomic E-state index is 13.7. The maximum Gasteiger partial charge on any atom is 0.255 e. The van der Waals surface area contributed by atoms with E-state index >= 15 is 0 Å². The summed E-state index contributed by atoms with van der Waals surface area (Å²) >= 11 is 0. The van der Waals surface area contributed by atoms with Gasteiger partial charge in [0.25, 0.3) is 5.91 Å². The van der Waals surface area contributed by atoms with Gasteiger partial charge in [-0.3, -0.25) is 14.1 Å². The highest BCUT2D eigenvalue weighted by Gasteiger charge is 2.27. The van der Waals surface area contributed by atoms with Crippen LogP contribution in [0.2, 0.25) is 0 Å². The highest BCUT2D eigenvalue weighted by Crippen LogP contribution is 2.45. The van der Waals surface area contributed by atoms with Crippen LogP contribution in [0.4, 0.5) is 10.1 Å². The van der Waals surface area contributed by atoms with Crippen LogP contribution in [-0.2, 0) is 10.0 Å². The van der Waals surface area contributed by atoms with Gasteiger partial charge in [0.05, 0.1) is 40.0 Å². The first kappa shape index (κ1) is 29.8. The van der Waals surface area contributed by atoms with Crippen LogP contribution in [0.3, 0.4) is 0 Å². The summed E-state index contributed by atoms with van der Waals surface area (Å²) in [4.78, 5) is 25.6. The number of aliphatic imine (C=N–C) groups is 1. The van der Waals surface area contributed by atoms with Gasteiger partial charge in [-0.2, -0.15) is 0 Å². The van der Waals surface area contributed by atoms with E-state index in [9.17, 15) is 22.7 Å². The van der Waals surface area contributed by atoms with Crippen molar-refractivity contribution in [1.29, 1.82) is 0 Å². The summed E-state index contributed by atoms with van der Waals surface area (Å²) in [6.07, 6.45) is 6.03. The van der Waals surface area contributed by atoms with Crippen LogP contribution in [0.5, 0.6) is 5.75 Å². The largest absolute Gasteiger partial charge is 0.507 e. The Hall–Kier alpha value is -5.23. The Bertz CT molecular complexity index is 2250. The number of fused-ring (bicyclic) bond motifs is 2. The van der Waals surface area contributed by atoms with Crippen LogP contribution in [0.1, 0.15) is 30.1 Å². The Morgan fingerprint density at radius 3 is 2.56 bits per heavy atom. The Balaban J connectivity index is 1.63. The molecular weight excluding hydrogens is 597 g/mol. The normalized spacial score (nSPS) is 13.0. The lowest BCUT2D eigenvalue weighted by atomic mass is 9.96. The number of hydrogen-bond donors (Lipinski definition) is 3. The number of anilines is 1.